The smallest absolute Gasteiger partial charge is 0.241 e. The Morgan fingerprint density at radius 1 is 1.45 bits per heavy atom. The van der Waals surface area contributed by atoms with Crippen molar-refractivity contribution in [1.29, 1.82) is 0 Å². The first-order chi connectivity index (χ1) is 9.47. The number of benzene rings is 1. The fourth-order valence-electron chi connectivity index (χ4n) is 2.45. The Hall–Kier alpha value is -1.26. The number of nitrogens with one attached hydrogen (secondary N) is 1. The normalized spacial score (nSPS) is 18.8. The van der Waals surface area contributed by atoms with E-state index in [0.717, 1.165) is 31.8 Å². The fraction of sp³-hybridized carbons (Fsp3) is 0.533. The predicted octanol–water partition coefficient (Wildman–Crippen LogP) is 2.98. The molecule has 110 valence electrons. The summed E-state index contributed by atoms with van der Waals surface area (Å²) in [6.45, 7) is 6.18. The van der Waals surface area contributed by atoms with Crippen LogP contribution < -0.4 is 11.1 Å². The molecule has 1 aromatic carbocycles. The maximum atomic E-state index is 12.3. The van der Waals surface area contributed by atoms with Gasteiger partial charge in [-0.25, -0.2) is 0 Å². The molecule has 0 aromatic heterocycles. The Balaban J connectivity index is 1.95. The Morgan fingerprint density at radius 3 is 2.70 bits per heavy atom. The van der Waals surface area contributed by atoms with Gasteiger partial charge in [-0.05, 0) is 57.0 Å². The van der Waals surface area contributed by atoms with Crippen LogP contribution in [-0.2, 0) is 4.79 Å². The molecule has 1 atom stereocenters. The van der Waals surface area contributed by atoms with E-state index in [2.05, 4.69) is 17.1 Å². The van der Waals surface area contributed by atoms with Crippen molar-refractivity contribution >= 4 is 28.9 Å². The van der Waals surface area contributed by atoms with Crippen molar-refractivity contribution in [2.45, 2.75) is 32.7 Å². The predicted molar refractivity (Wildman–Crippen MR) is 83.9 cm³/mol. The number of hydrogen-bond donors (Lipinski definition) is 2. The first-order valence-corrected chi connectivity index (χ1v) is 7.45. The highest BCUT2D eigenvalue weighted by Crippen LogP contribution is 2.23. The third-order valence-corrected chi connectivity index (χ3v) is 4.35. The highest BCUT2D eigenvalue weighted by atomic mass is 35.5. The summed E-state index contributed by atoms with van der Waals surface area (Å²) >= 11 is 5.87. The van der Waals surface area contributed by atoms with Crippen LogP contribution in [0.5, 0.6) is 0 Å². The summed E-state index contributed by atoms with van der Waals surface area (Å²) in [5, 5.41) is 3.40. The van der Waals surface area contributed by atoms with Gasteiger partial charge in [-0.15, -0.1) is 0 Å². The lowest BCUT2D eigenvalue weighted by Crippen LogP contribution is -2.45. The Labute approximate surface area is 125 Å². The van der Waals surface area contributed by atoms with Crippen molar-refractivity contribution in [2.24, 2.45) is 5.92 Å². The molecule has 3 N–H and O–H groups in total. The molecule has 1 saturated heterocycles. The first kappa shape index (κ1) is 15.1. The van der Waals surface area contributed by atoms with E-state index >= 15 is 0 Å². The van der Waals surface area contributed by atoms with E-state index in [4.69, 9.17) is 17.3 Å². The second-order valence-electron chi connectivity index (χ2n) is 5.62. The van der Waals surface area contributed by atoms with Crippen molar-refractivity contribution in [2.75, 3.05) is 24.1 Å². The highest BCUT2D eigenvalue weighted by molar-refractivity contribution is 6.33. The summed E-state index contributed by atoms with van der Waals surface area (Å²) in [5.74, 6) is 0.763. The van der Waals surface area contributed by atoms with E-state index < -0.39 is 0 Å². The number of carbonyl (C=O) groups excluding carboxylic acids is 1. The molecule has 0 radical (unpaired) electrons. The Kier molecular flexibility index (Phi) is 4.89. The Bertz CT molecular complexity index is 484. The lowest BCUT2D eigenvalue weighted by molar-refractivity contribution is -0.121. The summed E-state index contributed by atoms with van der Waals surface area (Å²) in [7, 11) is 0. The van der Waals surface area contributed by atoms with Crippen LogP contribution in [0.25, 0.3) is 0 Å². The quantitative estimate of drug-likeness (QED) is 0.843. The molecular weight excluding hydrogens is 274 g/mol. The zero-order valence-corrected chi connectivity index (χ0v) is 12.8. The van der Waals surface area contributed by atoms with Gasteiger partial charge < -0.3 is 11.1 Å². The summed E-state index contributed by atoms with van der Waals surface area (Å²) in [6, 6.07) is 5.02. The van der Waals surface area contributed by atoms with Gasteiger partial charge in [0.15, 0.2) is 0 Å². The van der Waals surface area contributed by atoms with Crippen LogP contribution in [0.3, 0.4) is 0 Å². The fourth-order valence-corrected chi connectivity index (χ4v) is 2.57. The second-order valence-corrected chi connectivity index (χ2v) is 6.03. The van der Waals surface area contributed by atoms with Gasteiger partial charge in [-0.2, -0.15) is 0 Å². The molecule has 20 heavy (non-hydrogen) atoms. The zero-order chi connectivity index (χ0) is 14.7. The number of nitrogens with two attached hydrogens (primary N) is 1. The summed E-state index contributed by atoms with van der Waals surface area (Å²) in [4.78, 5) is 14.5. The molecule has 1 unspecified atom stereocenters. The third kappa shape index (κ3) is 3.64. The number of carbonyl (C=O) groups is 1. The van der Waals surface area contributed by atoms with Crippen LogP contribution in [0.4, 0.5) is 11.4 Å². The standard InChI is InChI=1S/C15H22ClN3O/c1-10-5-7-19(8-6-10)11(2)15(20)18-12-3-4-13(16)14(17)9-12/h3-4,9-11H,5-8,17H2,1-2H3,(H,18,20). The van der Waals surface area contributed by atoms with E-state index in [1.807, 2.05) is 6.92 Å². The minimum absolute atomic E-state index is 0.00118. The maximum Gasteiger partial charge on any atom is 0.241 e. The van der Waals surface area contributed by atoms with E-state index in [1.165, 1.54) is 0 Å². The van der Waals surface area contributed by atoms with Crippen molar-refractivity contribution < 1.29 is 4.79 Å². The lowest BCUT2D eigenvalue weighted by atomic mass is 9.98. The molecule has 1 aromatic rings. The average Bonchev–Trinajstić information content (AvgIpc) is 2.43. The van der Waals surface area contributed by atoms with Crippen LogP contribution >= 0.6 is 11.6 Å². The molecule has 0 spiro atoms. The molecule has 0 saturated carbocycles. The molecule has 0 aliphatic carbocycles. The van der Waals surface area contributed by atoms with E-state index in [9.17, 15) is 4.79 Å². The van der Waals surface area contributed by atoms with Crippen LogP contribution in [0.2, 0.25) is 5.02 Å². The van der Waals surface area contributed by atoms with E-state index in [1.54, 1.807) is 18.2 Å². The Morgan fingerprint density at radius 2 is 2.10 bits per heavy atom. The number of halogens is 1. The molecule has 5 heteroatoms. The van der Waals surface area contributed by atoms with Crippen LogP contribution in [0.15, 0.2) is 18.2 Å². The molecule has 1 amide bonds. The van der Waals surface area contributed by atoms with Crippen molar-refractivity contribution in [3.05, 3.63) is 23.2 Å². The molecule has 1 heterocycles. The molecule has 1 aliphatic heterocycles. The van der Waals surface area contributed by atoms with Crippen LogP contribution in [0.1, 0.15) is 26.7 Å². The number of anilines is 2. The van der Waals surface area contributed by atoms with Gasteiger partial charge >= 0.3 is 0 Å². The number of nitrogens with zero attached hydrogens (tertiary/aromatic N) is 1. The number of nitrogen functional groups attached to an aromatic ring is 1. The van der Waals surface area contributed by atoms with E-state index in [0.29, 0.717) is 16.4 Å². The van der Waals surface area contributed by atoms with Gasteiger partial charge in [0.2, 0.25) is 5.91 Å². The van der Waals surface area contributed by atoms with Crippen molar-refractivity contribution in [3.63, 3.8) is 0 Å². The monoisotopic (exact) mass is 295 g/mol. The maximum absolute atomic E-state index is 12.3. The number of rotatable bonds is 3. The topological polar surface area (TPSA) is 58.4 Å². The van der Waals surface area contributed by atoms with Crippen LogP contribution in [-0.4, -0.2) is 29.9 Å². The van der Waals surface area contributed by atoms with Gasteiger partial charge in [0.05, 0.1) is 16.8 Å². The molecule has 0 bridgehead atoms. The number of hydrogen-bond acceptors (Lipinski definition) is 3. The van der Waals surface area contributed by atoms with Gasteiger partial charge in [0.25, 0.3) is 0 Å². The largest absolute Gasteiger partial charge is 0.397 e. The molecule has 1 fully saturated rings. The minimum atomic E-state index is -0.126. The van der Waals surface area contributed by atoms with Crippen molar-refractivity contribution in [1.82, 2.24) is 4.90 Å². The lowest BCUT2D eigenvalue weighted by Gasteiger charge is -2.34. The van der Waals surface area contributed by atoms with Crippen LogP contribution in [0, 0.1) is 5.92 Å². The summed E-state index contributed by atoms with van der Waals surface area (Å²) < 4.78 is 0. The SMILES string of the molecule is CC1CCN(C(C)C(=O)Nc2ccc(Cl)c(N)c2)CC1. The highest BCUT2D eigenvalue weighted by Gasteiger charge is 2.25. The second kappa shape index (κ2) is 6.46. The first-order valence-electron chi connectivity index (χ1n) is 7.07. The number of likely N-dealkylation sites (tertiary alicyclic amines) is 1. The molecule has 1 aliphatic rings. The van der Waals surface area contributed by atoms with E-state index in [-0.39, 0.29) is 11.9 Å². The summed E-state index contributed by atoms with van der Waals surface area (Å²) in [5.41, 5.74) is 6.90. The van der Waals surface area contributed by atoms with Gasteiger partial charge in [0.1, 0.15) is 0 Å². The molecule has 2 rings (SSSR count). The van der Waals surface area contributed by atoms with Gasteiger partial charge in [0, 0.05) is 5.69 Å². The number of amides is 1. The summed E-state index contributed by atoms with van der Waals surface area (Å²) in [6.07, 6.45) is 2.32. The zero-order valence-electron chi connectivity index (χ0n) is 12.0. The minimum Gasteiger partial charge on any atom is -0.397 e. The molecule has 4 nitrogen and oxygen atoms in total. The average molecular weight is 296 g/mol. The number of piperidine rings is 1. The molecular formula is C15H22ClN3O. The third-order valence-electron chi connectivity index (χ3n) is 4.01. The van der Waals surface area contributed by atoms with Crippen molar-refractivity contribution in [3.8, 4) is 0 Å². The van der Waals surface area contributed by atoms with Gasteiger partial charge in [-0.3, -0.25) is 9.69 Å². The van der Waals surface area contributed by atoms with Gasteiger partial charge in [-0.1, -0.05) is 18.5 Å².